The molecule has 4 heteroatoms. The summed E-state index contributed by atoms with van der Waals surface area (Å²) in [6, 6.07) is 6.79. The molecule has 88 valence electrons. The maximum atomic E-state index is 4.11. The third kappa shape index (κ3) is 2.27. The molecule has 1 aromatic carbocycles. The van der Waals surface area contributed by atoms with Crippen molar-refractivity contribution in [2.45, 2.75) is 31.1 Å². The highest BCUT2D eigenvalue weighted by Gasteiger charge is 2.11. The monoisotopic (exact) mass is 291 g/mol. The van der Waals surface area contributed by atoms with E-state index >= 15 is 0 Å². The van der Waals surface area contributed by atoms with Gasteiger partial charge in [-0.25, -0.2) is 4.68 Å². The van der Waals surface area contributed by atoms with E-state index in [1.807, 2.05) is 10.9 Å². The molecule has 0 amide bonds. The van der Waals surface area contributed by atoms with Crippen molar-refractivity contribution in [3.8, 4) is 0 Å². The van der Waals surface area contributed by atoms with Gasteiger partial charge in [-0.15, -0.1) is 5.10 Å². The van der Waals surface area contributed by atoms with Gasteiger partial charge in [-0.1, -0.05) is 39.3 Å². The largest absolute Gasteiger partial charge is 0.248 e. The zero-order valence-electron chi connectivity index (χ0n) is 9.56. The average Bonchev–Trinajstić information content (AvgIpc) is 2.96. The fraction of sp³-hybridized carbons (Fsp3) is 0.385. The number of fused-ring (bicyclic) bond motifs is 1. The smallest absolute Gasteiger partial charge is 0.0932 e. The van der Waals surface area contributed by atoms with Crippen molar-refractivity contribution in [1.29, 1.82) is 0 Å². The minimum atomic E-state index is 0.761. The van der Waals surface area contributed by atoms with Gasteiger partial charge >= 0.3 is 0 Å². The molecule has 0 N–H and O–H groups in total. The Kier molecular flexibility index (Phi) is 2.97. The molecule has 1 aromatic heterocycles. The van der Waals surface area contributed by atoms with Crippen LogP contribution < -0.4 is 0 Å². The van der Waals surface area contributed by atoms with E-state index in [2.05, 4.69) is 44.4 Å². The fourth-order valence-corrected chi connectivity index (χ4v) is 2.64. The van der Waals surface area contributed by atoms with Gasteiger partial charge in [0, 0.05) is 11.5 Å². The van der Waals surface area contributed by atoms with Crippen LogP contribution in [0.25, 0.3) is 0 Å². The summed E-state index contributed by atoms with van der Waals surface area (Å²) < 4.78 is 1.90. The summed E-state index contributed by atoms with van der Waals surface area (Å²) in [5.41, 5.74) is 5.33. The number of hydrogen-bond donors (Lipinski definition) is 0. The number of benzene rings is 1. The van der Waals surface area contributed by atoms with Crippen molar-refractivity contribution < 1.29 is 0 Å². The molecule has 0 fully saturated rings. The van der Waals surface area contributed by atoms with Crippen molar-refractivity contribution >= 4 is 15.9 Å². The van der Waals surface area contributed by atoms with E-state index in [1.165, 1.54) is 36.0 Å². The second-order valence-electron chi connectivity index (χ2n) is 4.50. The van der Waals surface area contributed by atoms with Crippen molar-refractivity contribution in [3.05, 3.63) is 46.8 Å². The van der Waals surface area contributed by atoms with Crippen LogP contribution in [0.3, 0.4) is 0 Å². The first-order valence-electron chi connectivity index (χ1n) is 5.91. The second-order valence-corrected chi connectivity index (χ2v) is 5.06. The SMILES string of the molecule is BrCc1cn(Cc2ccc3c(c2)CCC3)nn1. The minimum Gasteiger partial charge on any atom is -0.248 e. The number of halogens is 1. The summed E-state index contributed by atoms with van der Waals surface area (Å²) in [5, 5.41) is 8.94. The minimum absolute atomic E-state index is 0.761. The van der Waals surface area contributed by atoms with Crippen LogP contribution in [0.5, 0.6) is 0 Å². The summed E-state index contributed by atoms with van der Waals surface area (Å²) in [6.07, 6.45) is 5.76. The summed E-state index contributed by atoms with van der Waals surface area (Å²) in [4.78, 5) is 0. The Morgan fingerprint density at radius 1 is 1.24 bits per heavy atom. The van der Waals surface area contributed by atoms with Gasteiger partial charge < -0.3 is 0 Å². The molecular formula is C13H14BrN3. The zero-order chi connectivity index (χ0) is 11.7. The molecule has 0 bridgehead atoms. The molecule has 1 aliphatic carbocycles. The van der Waals surface area contributed by atoms with Crippen molar-refractivity contribution in [2.24, 2.45) is 0 Å². The standard InChI is InChI=1S/C13H14BrN3/c14-7-13-9-17(16-15-13)8-10-4-5-11-2-1-3-12(11)6-10/h4-6,9H,1-3,7-8H2. The van der Waals surface area contributed by atoms with Gasteiger partial charge in [0.25, 0.3) is 0 Å². The lowest BCUT2D eigenvalue weighted by atomic mass is 10.1. The van der Waals surface area contributed by atoms with E-state index in [-0.39, 0.29) is 0 Å². The normalized spacial score (nSPS) is 13.9. The summed E-state index contributed by atoms with van der Waals surface area (Å²) in [7, 11) is 0. The average molecular weight is 292 g/mol. The number of aromatic nitrogens is 3. The van der Waals surface area contributed by atoms with Crippen molar-refractivity contribution in [2.75, 3.05) is 0 Å². The maximum absolute atomic E-state index is 4.11. The van der Waals surface area contributed by atoms with Crippen LogP contribution in [0.4, 0.5) is 0 Å². The molecule has 17 heavy (non-hydrogen) atoms. The highest BCUT2D eigenvalue weighted by Crippen LogP contribution is 2.23. The summed E-state index contributed by atoms with van der Waals surface area (Å²) in [6.45, 7) is 0.813. The Labute approximate surface area is 109 Å². The highest BCUT2D eigenvalue weighted by molar-refractivity contribution is 9.08. The fourth-order valence-electron chi connectivity index (χ4n) is 2.39. The molecule has 0 unspecified atom stereocenters. The van der Waals surface area contributed by atoms with Gasteiger partial charge in [0.1, 0.15) is 0 Å². The molecule has 3 rings (SSSR count). The molecule has 0 saturated heterocycles. The molecule has 0 saturated carbocycles. The molecule has 0 spiro atoms. The molecular weight excluding hydrogens is 278 g/mol. The lowest BCUT2D eigenvalue weighted by molar-refractivity contribution is 0.649. The number of nitrogens with zero attached hydrogens (tertiary/aromatic N) is 3. The Hall–Kier alpha value is -1.16. The summed E-state index contributed by atoms with van der Waals surface area (Å²) in [5.74, 6) is 0. The van der Waals surface area contributed by atoms with Gasteiger partial charge in [-0.3, -0.25) is 0 Å². The Morgan fingerprint density at radius 2 is 2.12 bits per heavy atom. The van der Waals surface area contributed by atoms with Crippen LogP contribution >= 0.6 is 15.9 Å². The predicted molar refractivity (Wildman–Crippen MR) is 70.2 cm³/mol. The zero-order valence-corrected chi connectivity index (χ0v) is 11.2. The first kappa shape index (κ1) is 11.0. The number of rotatable bonds is 3. The van der Waals surface area contributed by atoms with Gasteiger partial charge in [0.15, 0.2) is 0 Å². The number of alkyl halides is 1. The molecule has 0 atom stereocenters. The van der Waals surface area contributed by atoms with Crippen LogP contribution in [-0.2, 0) is 24.7 Å². The van der Waals surface area contributed by atoms with Crippen LogP contribution in [0.1, 0.15) is 28.8 Å². The third-order valence-corrected chi connectivity index (χ3v) is 3.80. The first-order chi connectivity index (χ1) is 8.35. The van der Waals surface area contributed by atoms with E-state index < -0.39 is 0 Å². The van der Waals surface area contributed by atoms with Crippen LogP contribution in [-0.4, -0.2) is 15.0 Å². The second kappa shape index (κ2) is 4.61. The maximum Gasteiger partial charge on any atom is 0.0932 e. The first-order valence-corrected chi connectivity index (χ1v) is 7.03. The van der Waals surface area contributed by atoms with Crippen molar-refractivity contribution in [3.63, 3.8) is 0 Å². The lowest BCUT2D eigenvalue weighted by Gasteiger charge is -2.04. The van der Waals surface area contributed by atoms with E-state index in [0.717, 1.165) is 17.6 Å². The van der Waals surface area contributed by atoms with E-state index in [4.69, 9.17) is 0 Å². The Balaban J connectivity index is 1.80. The molecule has 3 nitrogen and oxygen atoms in total. The number of hydrogen-bond acceptors (Lipinski definition) is 2. The van der Waals surface area contributed by atoms with Crippen LogP contribution in [0.15, 0.2) is 24.4 Å². The van der Waals surface area contributed by atoms with E-state index in [1.54, 1.807) is 0 Å². The van der Waals surface area contributed by atoms with Gasteiger partial charge in [-0.2, -0.15) is 0 Å². The highest BCUT2D eigenvalue weighted by atomic mass is 79.9. The van der Waals surface area contributed by atoms with Gasteiger partial charge in [-0.05, 0) is 36.0 Å². The van der Waals surface area contributed by atoms with E-state index in [0.29, 0.717) is 0 Å². The molecule has 1 aliphatic rings. The van der Waals surface area contributed by atoms with Gasteiger partial charge in [0.05, 0.1) is 12.2 Å². The molecule has 1 heterocycles. The molecule has 0 radical (unpaired) electrons. The predicted octanol–water partition coefficient (Wildman–Crippen LogP) is 2.71. The van der Waals surface area contributed by atoms with E-state index in [9.17, 15) is 0 Å². The lowest BCUT2D eigenvalue weighted by Crippen LogP contribution is -2.01. The van der Waals surface area contributed by atoms with Gasteiger partial charge in [0.2, 0.25) is 0 Å². The topological polar surface area (TPSA) is 30.7 Å². The summed E-state index contributed by atoms with van der Waals surface area (Å²) >= 11 is 3.38. The molecule has 0 aliphatic heterocycles. The van der Waals surface area contributed by atoms with Crippen LogP contribution in [0, 0.1) is 0 Å². The molecule has 2 aromatic rings. The Bertz CT molecular complexity index is 533. The van der Waals surface area contributed by atoms with Crippen molar-refractivity contribution in [1.82, 2.24) is 15.0 Å². The third-order valence-electron chi connectivity index (χ3n) is 3.23. The van der Waals surface area contributed by atoms with Crippen LogP contribution in [0.2, 0.25) is 0 Å². The number of aryl methyl sites for hydroxylation is 2. The quantitative estimate of drug-likeness (QED) is 0.814. The Morgan fingerprint density at radius 3 is 2.94 bits per heavy atom.